The molecule has 3 N–H and O–H groups in total. The fourth-order valence-electron chi connectivity index (χ4n) is 1.69. The fraction of sp³-hybridized carbons (Fsp3) is 0.143. The predicted molar refractivity (Wildman–Crippen MR) is 76.6 cm³/mol. The van der Waals surface area contributed by atoms with Crippen LogP contribution in [0.2, 0.25) is 0 Å². The minimum atomic E-state index is 0.607. The van der Waals surface area contributed by atoms with Gasteiger partial charge in [-0.3, -0.25) is 10.4 Å². The molecule has 0 atom stereocenters. The number of nitrogens with two attached hydrogens (primary N) is 1. The maximum Gasteiger partial charge on any atom is 0.213 e. The second-order valence-corrected chi connectivity index (χ2v) is 4.13. The molecule has 2 rings (SSSR count). The molecule has 0 amide bonds. The summed E-state index contributed by atoms with van der Waals surface area (Å²) in [5.41, 5.74) is 4.58. The van der Waals surface area contributed by atoms with Crippen LogP contribution in [-0.2, 0) is 6.54 Å². The summed E-state index contributed by atoms with van der Waals surface area (Å²) in [7, 11) is 1.93. The van der Waals surface area contributed by atoms with Crippen LogP contribution >= 0.6 is 0 Å². The number of aliphatic imine (C=N–C) groups is 1. The van der Waals surface area contributed by atoms with Gasteiger partial charge in [0, 0.05) is 26.0 Å². The lowest BCUT2D eigenvalue weighted by molar-refractivity contribution is 0.479. The molecule has 0 bridgehead atoms. The van der Waals surface area contributed by atoms with Gasteiger partial charge in [0.2, 0.25) is 5.96 Å². The first-order chi connectivity index (χ1) is 9.29. The highest BCUT2D eigenvalue weighted by Gasteiger charge is 2.06. The SMILES string of the molecule is CN(Cc1cccnc1)C(=Nc1ccccc1)NN. The number of hydrazine groups is 1. The highest BCUT2D eigenvalue weighted by molar-refractivity contribution is 5.81. The molecule has 5 heteroatoms. The topological polar surface area (TPSA) is 66.5 Å². The molecule has 0 aliphatic heterocycles. The van der Waals surface area contributed by atoms with E-state index in [-0.39, 0.29) is 0 Å². The van der Waals surface area contributed by atoms with Crippen LogP contribution in [0.4, 0.5) is 5.69 Å². The third kappa shape index (κ3) is 3.79. The van der Waals surface area contributed by atoms with Gasteiger partial charge in [-0.15, -0.1) is 0 Å². The summed E-state index contributed by atoms with van der Waals surface area (Å²) in [6.07, 6.45) is 3.58. The van der Waals surface area contributed by atoms with E-state index in [1.165, 1.54) is 0 Å². The van der Waals surface area contributed by atoms with Gasteiger partial charge in [-0.2, -0.15) is 0 Å². The second-order valence-electron chi connectivity index (χ2n) is 4.13. The van der Waals surface area contributed by atoms with E-state index in [4.69, 9.17) is 5.84 Å². The molecule has 0 radical (unpaired) electrons. The Labute approximate surface area is 112 Å². The summed E-state index contributed by atoms with van der Waals surface area (Å²) < 4.78 is 0. The van der Waals surface area contributed by atoms with Gasteiger partial charge >= 0.3 is 0 Å². The second kappa shape index (κ2) is 6.51. The lowest BCUT2D eigenvalue weighted by Gasteiger charge is -2.20. The zero-order chi connectivity index (χ0) is 13.5. The molecular formula is C14H17N5. The van der Waals surface area contributed by atoms with Gasteiger partial charge in [0.15, 0.2) is 0 Å². The Hall–Kier alpha value is -2.40. The van der Waals surface area contributed by atoms with Crippen molar-refractivity contribution in [3.63, 3.8) is 0 Å². The Morgan fingerprint density at radius 2 is 2.05 bits per heavy atom. The largest absolute Gasteiger partial charge is 0.340 e. The first kappa shape index (κ1) is 13.0. The highest BCUT2D eigenvalue weighted by atomic mass is 15.4. The molecule has 0 saturated carbocycles. The summed E-state index contributed by atoms with van der Waals surface area (Å²) in [6, 6.07) is 13.6. The van der Waals surface area contributed by atoms with Crippen molar-refractivity contribution in [2.24, 2.45) is 10.8 Å². The van der Waals surface area contributed by atoms with Crippen molar-refractivity contribution in [1.29, 1.82) is 0 Å². The van der Waals surface area contributed by atoms with E-state index in [2.05, 4.69) is 15.4 Å². The molecule has 5 nitrogen and oxygen atoms in total. The van der Waals surface area contributed by atoms with Crippen LogP contribution in [0.3, 0.4) is 0 Å². The Bertz CT molecular complexity index is 524. The Kier molecular flexibility index (Phi) is 4.47. The normalized spacial score (nSPS) is 11.2. The maximum atomic E-state index is 5.54. The summed E-state index contributed by atoms with van der Waals surface area (Å²) in [5, 5.41) is 0. The Morgan fingerprint density at radius 3 is 2.68 bits per heavy atom. The Balaban J connectivity index is 2.11. The lowest BCUT2D eigenvalue weighted by atomic mass is 10.3. The van der Waals surface area contributed by atoms with E-state index in [0.29, 0.717) is 12.5 Å². The number of benzene rings is 1. The van der Waals surface area contributed by atoms with Gasteiger partial charge < -0.3 is 4.90 Å². The molecule has 0 aliphatic carbocycles. The summed E-state index contributed by atoms with van der Waals surface area (Å²) in [5.74, 6) is 6.14. The molecule has 0 saturated heterocycles. The molecule has 2 aromatic rings. The van der Waals surface area contributed by atoms with Gasteiger partial charge in [-0.1, -0.05) is 24.3 Å². The van der Waals surface area contributed by atoms with Crippen molar-refractivity contribution < 1.29 is 0 Å². The van der Waals surface area contributed by atoms with Crippen molar-refractivity contribution in [3.05, 3.63) is 60.4 Å². The molecule has 1 aromatic heterocycles. The first-order valence-electron chi connectivity index (χ1n) is 6.00. The van der Waals surface area contributed by atoms with Crippen molar-refractivity contribution in [3.8, 4) is 0 Å². The smallest absolute Gasteiger partial charge is 0.213 e. The fourth-order valence-corrected chi connectivity index (χ4v) is 1.69. The van der Waals surface area contributed by atoms with Gasteiger partial charge in [0.05, 0.1) is 5.69 Å². The average molecular weight is 255 g/mol. The number of nitrogens with one attached hydrogen (secondary N) is 1. The highest BCUT2D eigenvalue weighted by Crippen LogP contribution is 2.11. The minimum Gasteiger partial charge on any atom is -0.340 e. The maximum absolute atomic E-state index is 5.54. The van der Waals surface area contributed by atoms with E-state index in [1.807, 2.05) is 60.6 Å². The number of nitrogens with zero attached hydrogens (tertiary/aromatic N) is 3. The van der Waals surface area contributed by atoms with Crippen molar-refractivity contribution in [1.82, 2.24) is 15.3 Å². The first-order valence-corrected chi connectivity index (χ1v) is 6.00. The number of para-hydroxylation sites is 1. The standard InChI is InChI=1S/C14H17N5/c1-19(11-12-6-5-9-16-10-12)14(18-15)17-13-7-3-2-4-8-13/h2-10H,11,15H2,1H3,(H,17,18). The van der Waals surface area contributed by atoms with Crippen LogP contribution in [0, 0.1) is 0 Å². The van der Waals surface area contributed by atoms with Gasteiger partial charge in [0.25, 0.3) is 0 Å². The van der Waals surface area contributed by atoms with Crippen LogP contribution < -0.4 is 11.3 Å². The number of hydrogen-bond donors (Lipinski definition) is 2. The number of hydrogen-bond acceptors (Lipinski definition) is 3. The molecule has 1 heterocycles. The summed E-state index contributed by atoms with van der Waals surface area (Å²) >= 11 is 0. The third-order valence-corrected chi connectivity index (χ3v) is 2.62. The van der Waals surface area contributed by atoms with Crippen LogP contribution in [-0.4, -0.2) is 22.9 Å². The van der Waals surface area contributed by atoms with Crippen LogP contribution in [0.25, 0.3) is 0 Å². The number of pyridine rings is 1. The zero-order valence-electron chi connectivity index (χ0n) is 10.8. The summed E-state index contributed by atoms with van der Waals surface area (Å²) in [6.45, 7) is 0.684. The van der Waals surface area contributed by atoms with Gasteiger partial charge in [0.1, 0.15) is 0 Å². The molecule has 1 aromatic carbocycles. The van der Waals surface area contributed by atoms with E-state index in [1.54, 1.807) is 6.20 Å². The third-order valence-electron chi connectivity index (χ3n) is 2.62. The van der Waals surface area contributed by atoms with Crippen molar-refractivity contribution in [2.45, 2.75) is 6.54 Å². The van der Waals surface area contributed by atoms with Crippen LogP contribution in [0.15, 0.2) is 59.9 Å². The number of guanidine groups is 1. The molecular weight excluding hydrogens is 238 g/mol. The molecule has 0 aliphatic rings. The minimum absolute atomic E-state index is 0.607. The van der Waals surface area contributed by atoms with Crippen molar-refractivity contribution >= 4 is 11.6 Å². The predicted octanol–water partition coefficient (Wildman–Crippen LogP) is 1.66. The molecule has 0 unspecified atom stereocenters. The lowest BCUT2D eigenvalue weighted by Crippen LogP contribution is -2.42. The van der Waals surface area contributed by atoms with Crippen LogP contribution in [0.5, 0.6) is 0 Å². The molecule has 0 fully saturated rings. The van der Waals surface area contributed by atoms with E-state index in [0.717, 1.165) is 11.3 Å². The number of aromatic nitrogens is 1. The number of rotatable bonds is 3. The van der Waals surface area contributed by atoms with E-state index < -0.39 is 0 Å². The summed E-state index contributed by atoms with van der Waals surface area (Å²) in [4.78, 5) is 10.5. The Morgan fingerprint density at radius 1 is 1.26 bits per heavy atom. The van der Waals surface area contributed by atoms with E-state index in [9.17, 15) is 0 Å². The molecule has 0 spiro atoms. The van der Waals surface area contributed by atoms with Crippen molar-refractivity contribution in [2.75, 3.05) is 7.05 Å². The molecule has 19 heavy (non-hydrogen) atoms. The quantitative estimate of drug-likeness (QED) is 0.379. The van der Waals surface area contributed by atoms with E-state index >= 15 is 0 Å². The molecule has 98 valence electrons. The average Bonchev–Trinajstić information content (AvgIpc) is 2.47. The van der Waals surface area contributed by atoms with Gasteiger partial charge in [-0.25, -0.2) is 10.8 Å². The van der Waals surface area contributed by atoms with Crippen LogP contribution in [0.1, 0.15) is 5.56 Å². The monoisotopic (exact) mass is 255 g/mol. The zero-order valence-corrected chi connectivity index (χ0v) is 10.8. The van der Waals surface area contributed by atoms with Gasteiger partial charge in [-0.05, 0) is 23.8 Å².